The minimum Gasteiger partial charge on any atom is -0.336 e. The molecule has 4 aromatic rings. The van der Waals surface area contributed by atoms with Crippen LogP contribution in [0.5, 0.6) is 0 Å². The predicted molar refractivity (Wildman–Crippen MR) is 158 cm³/mol. The van der Waals surface area contributed by atoms with Crippen LogP contribution in [-0.2, 0) is 16.4 Å². The Morgan fingerprint density at radius 1 is 0.805 bits per heavy atom. The van der Waals surface area contributed by atoms with Crippen LogP contribution in [0.15, 0.2) is 108 Å². The molecule has 0 radical (unpaired) electrons. The van der Waals surface area contributed by atoms with Crippen LogP contribution in [0, 0.1) is 5.82 Å². The van der Waals surface area contributed by atoms with Gasteiger partial charge in [-0.05, 0) is 72.5 Å². The van der Waals surface area contributed by atoms with Gasteiger partial charge in [0.05, 0.1) is 16.6 Å². The second-order valence-electron chi connectivity index (χ2n) is 10.7. The van der Waals surface area contributed by atoms with Crippen molar-refractivity contribution in [1.29, 1.82) is 0 Å². The number of halogens is 1. The van der Waals surface area contributed by atoms with Crippen molar-refractivity contribution in [3.63, 3.8) is 0 Å². The summed E-state index contributed by atoms with van der Waals surface area (Å²) < 4.78 is 41.6. The van der Waals surface area contributed by atoms with Gasteiger partial charge in [0.1, 0.15) is 5.82 Å². The lowest BCUT2D eigenvalue weighted by Crippen LogP contribution is -2.49. The second-order valence-corrected chi connectivity index (χ2v) is 12.5. The van der Waals surface area contributed by atoms with E-state index in [4.69, 9.17) is 0 Å². The fourth-order valence-electron chi connectivity index (χ4n) is 6.07. The first-order valence-electron chi connectivity index (χ1n) is 13.9. The van der Waals surface area contributed by atoms with Crippen molar-refractivity contribution in [3.8, 4) is 0 Å². The number of fused-ring (bicyclic) bond motifs is 1. The van der Waals surface area contributed by atoms with Crippen LogP contribution in [0.3, 0.4) is 0 Å². The maximum Gasteiger partial charge on any atom is 0.264 e. The molecule has 0 aromatic heterocycles. The summed E-state index contributed by atoms with van der Waals surface area (Å²) >= 11 is 0. The van der Waals surface area contributed by atoms with Gasteiger partial charge in [-0.15, -0.1) is 0 Å². The SMILES string of the molecule is C[C@H]1Cc2cc(C(=O)N3CCN(C(c4ccccc4)c4ccccc4)CC3)ccc2N1S(=O)(=O)c1ccc(F)cc1. The lowest BCUT2D eigenvalue weighted by atomic mass is 9.96. The summed E-state index contributed by atoms with van der Waals surface area (Å²) in [5.41, 5.74) is 4.41. The van der Waals surface area contributed by atoms with E-state index in [9.17, 15) is 17.6 Å². The highest BCUT2D eigenvalue weighted by molar-refractivity contribution is 7.92. The molecule has 2 aliphatic heterocycles. The van der Waals surface area contributed by atoms with Gasteiger partial charge in [0.15, 0.2) is 0 Å². The average Bonchev–Trinajstić information content (AvgIpc) is 3.34. The minimum atomic E-state index is -3.87. The van der Waals surface area contributed by atoms with E-state index in [1.165, 1.54) is 27.6 Å². The molecule has 0 bridgehead atoms. The molecular weight excluding hydrogens is 537 g/mol. The normalized spacial score (nSPS) is 17.6. The van der Waals surface area contributed by atoms with E-state index >= 15 is 0 Å². The first-order valence-corrected chi connectivity index (χ1v) is 15.3. The molecule has 6 nitrogen and oxygen atoms in total. The highest BCUT2D eigenvalue weighted by atomic mass is 32.2. The smallest absolute Gasteiger partial charge is 0.264 e. The van der Waals surface area contributed by atoms with E-state index in [0.717, 1.165) is 30.8 Å². The zero-order valence-electron chi connectivity index (χ0n) is 22.9. The van der Waals surface area contributed by atoms with Gasteiger partial charge < -0.3 is 4.90 Å². The summed E-state index contributed by atoms with van der Waals surface area (Å²) in [6.45, 7) is 4.54. The zero-order chi connectivity index (χ0) is 28.6. The lowest BCUT2D eigenvalue weighted by Gasteiger charge is -2.40. The number of nitrogens with zero attached hydrogens (tertiary/aromatic N) is 3. The van der Waals surface area contributed by atoms with Gasteiger partial charge in [0, 0.05) is 37.8 Å². The maximum absolute atomic E-state index is 13.6. The largest absolute Gasteiger partial charge is 0.336 e. The molecule has 2 heterocycles. The average molecular weight is 570 g/mol. The highest BCUT2D eigenvalue weighted by Crippen LogP contribution is 2.38. The van der Waals surface area contributed by atoms with Gasteiger partial charge >= 0.3 is 0 Å². The second kappa shape index (κ2) is 11.1. The number of amides is 1. The Kier molecular flexibility index (Phi) is 7.36. The topological polar surface area (TPSA) is 60.9 Å². The number of benzene rings is 4. The molecule has 1 atom stereocenters. The van der Waals surface area contributed by atoms with Gasteiger partial charge in [-0.3, -0.25) is 14.0 Å². The van der Waals surface area contributed by atoms with Crippen LogP contribution in [0.4, 0.5) is 10.1 Å². The third-order valence-electron chi connectivity index (χ3n) is 8.05. The molecule has 0 aliphatic carbocycles. The Bertz CT molecular complexity index is 1600. The lowest BCUT2D eigenvalue weighted by molar-refractivity contribution is 0.0597. The van der Waals surface area contributed by atoms with Crippen LogP contribution in [0.25, 0.3) is 0 Å². The van der Waals surface area contributed by atoms with Crippen LogP contribution in [-0.4, -0.2) is 56.3 Å². The Morgan fingerprint density at radius 2 is 1.39 bits per heavy atom. The van der Waals surface area contributed by atoms with Crippen molar-refractivity contribution in [3.05, 3.63) is 131 Å². The standard InChI is InChI=1S/C33H32FN3O3S/c1-24-22-28-23-27(12-17-31(28)37(24)41(39,40)30-15-13-29(34)14-16-30)33(38)36-20-18-35(19-21-36)32(25-8-4-2-5-9-25)26-10-6-3-7-11-26/h2-17,23-24,32H,18-22H2,1H3/t24-/m0/s1. The monoisotopic (exact) mass is 569 g/mol. The molecule has 1 fully saturated rings. The fourth-order valence-corrected chi connectivity index (χ4v) is 7.77. The van der Waals surface area contributed by atoms with Gasteiger partial charge in [-0.1, -0.05) is 60.7 Å². The van der Waals surface area contributed by atoms with E-state index < -0.39 is 15.8 Å². The summed E-state index contributed by atoms with van der Waals surface area (Å²) in [4.78, 5) is 17.9. The minimum absolute atomic E-state index is 0.0425. The first-order chi connectivity index (χ1) is 19.8. The number of carbonyl (C=O) groups is 1. The van der Waals surface area contributed by atoms with E-state index in [1.807, 2.05) is 30.0 Å². The number of sulfonamides is 1. The van der Waals surface area contributed by atoms with Crippen LogP contribution in [0.2, 0.25) is 0 Å². The van der Waals surface area contributed by atoms with Crippen molar-refractivity contribution in [2.75, 3.05) is 30.5 Å². The Labute approximate surface area is 240 Å². The molecular formula is C33H32FN3O3S. The Morgan fingerprint density at radius 3 is 1.98 bits per heavy atom. The molecule has 8 heteroatoms. The van der Waals surface area contributed by atoms with E-state index in [2.05, 4.69) is 53.4 Å². The van der Waals surface area contributed by atoms with Crippen LogP contribution >= 0.6 is 0 Å². The van der Waals surface area contributed by atoms with E-state index in [0.29, 0.717) is 30.8 Å². The van der Waals surface area contributed by atoms with Crippen molar-refractivity contribution in [2.45, 2.75) is 30.3 Å². The summed E-state index contributed by atoms with van der Waals surface area (Å²) in [7, 11) is -3.87. The summed E-state index contributed by atoms with van der Waals surface area (Å²) in [5, 5.41) is 0. The van der Waals surface area contributed by atoms with Gasteiger partial charge in [-0.2, -0.15) is 0 Å². The molecule has 1 amide bonds. The molecule has 0 spiro atoms. The van der Waals surface area contributed by atoms with Gasteiger partial charge in [-0.25, -0.2) is 12.8 Å². The fraction of sp³-hybridized carbons (Fsp3) is 0.242. The number of carbonyl (C=O) groups excluding carboxylic acids is 1. The van der Waals surface area contributed by atoms with Gasteiger partial charge in [0.2, 0.25) is 0 Å². The maximum atomic E-state index is 13.6. The van der Waals surface area contributed by atoms with Crippen molar-refractivity contribution in [1.82, 2.24) is 9.80 Å². The van der Waals surface area contributed by atoms with E-state index in [-0.39, 0.29) is 22.9 Å². The third kappa shape index (κ3) is 5.25. The number of anilines is 1. The number of hydrogen-bond donors (Lipinski definition) is 0. The molecule has 4 aromatic carbocycles. The molecule has 1 saturated heterocycles. The highest BCUT2D eigenvalue weighted by Gasteiger charge is 2.37. The number of hydrogen-bond acceptors (Lipinski definition) is 4. The first kappa shape index (κ1) is 27.2. The molecule has 2 aliphatic rings. The number of piperazine rings is 1. The quantitative estimate of drug-likeness (QED) is 0.307. The third-order valence-corrected chi connectivity index (χ3v) is 9.99. The molecule has 0 N–H and O–H groups in total. The molecule has 0 saturated carbocycles. The van der Waals surface area contributed by atoms with Crippen molar-refractivity contribution >= 4 is 21.6 Å². The molecule has 6 rings (SSSR count). The molecule has 41 heavy (non-hydrogen) atoms. The Balaban J connectivity index is 1.18. The van der Waals surface area contributed by atoms with Gasteiger partial charge in [0.25, 0.3) is 15.9 Å². The summed E-state index contributed by atoms with van der Waals surface area (Å²) in [5.74, 6) is -0.533. The summed E-state index contributed by atoms with van der Waals surface area (Å²) in [6.07, 6.45) is 0.500. The molecule has 210 valence electrons. The molecule has 0 unspecified atom stereocenters. The predicted octanol–water partition coefficient (Wildman–Crippen LogP) is 5.51. The van der Waals surface area contributed by atoms with E-state index in [1.54, 1.807) is 12.1 Å². The zero-order valence-corrected chi connectivity index (χ0v) is 23.7. The van der Waals surface area contributed by atoms with Crippen LogP contribution < -0.4 is 4.31 Å². The number of rotatable bonds is 6. The van der Waals surface area contributed by atoms with Crippen LogP contribution in [0.1, 0.15) is 40.0 Å². The summed E-state index contributed by atoms with van der Waals surface area (Å²) in [6, 6.07) is 30.9. The van der Waals surface area contributed by atoms with Crippen molar-refractivity contribution < 1.29 is 17.6 Å². The van der Waals surface area contributed by atoms with Crippen molar-refractivity contribution in [2.24, 2.45) is 0 Å². The Hall–Kier alpha value is -4.01.